The number of hydrazone groups is 1. The number of H-pyrrole nitrogens is 2. The van der Waals surface area contributed by atoms with Crippen LogP contribution in [-0.2, 0) is 0 Å². The van der Waals surface area contributed by atoms with Crippen LogP contribution in [0.5, 0.6) is 0 Å². The number of fused-ring (bicyclic) bond motifs is 1. The number of hydrogen-bond acceptors (Lipinski definition) is 5. The van der Waals surface area contributed by atoms with Crippen molar-refractivity contribution in [2.75, 3.05) is 5.01 Å². The monoisotopic (exact) mass is 280 g/mol. The Balaban J connectivity index is 2.23. The maximum absolute atomic E-state index is 11.1. The summed E-state index contributed by atoms with van der Waals surface area (Å²) >= 11 is 0. The first-order valence-electron chi connectivity index (χ1n) is 6.15. The van der Waals surface area contributed by atoms with E-state index in [0.29, 0.717) is 5.69 Å². The number of rotatable bonds is 4. The first-order valence-corrected chi connectivity index (χ1v) is 6.15. The lowest BCUT2D eigenvalue weighted by atomic mass is 10.1. The van der Waals surface area contributed by atoms with Crippen LogP contribution in [0, 0.1) is 0 Å². The molecular weight excluding hydrogens is 268 g/mol. The van der Waals surface area contributed by atoms with Gasteiger partial charge >= 0.3 is 0 Å². The van der Waals surface area contributed by atoms with Crippen molar-refractivity contribution in [3.8, 4) is 11.3 Å². The van der Waals surface area contributed by atoms with Gasteiger partial charge in [-0.05, 0) is 18.2 Å². The van der Waals surface area contributed by atoms with Gasteiger partial charge in [-0.25, -0.2) is 10.1 Å². The van der Waals surface area contributed by atoms with E-state index < -0.39 is 0 Å². The molecule has 0 aliphatic carbocycles. The van der Waals surface area contributed by atoms with Gasteiger partial charge < -0.3 is 0 Å². The maximum atomic E-state index is 11.1. The minimum Gasteiger partial charge on any atom is -0.276 e. The Hall–Kier alpha value is -3.22. The smallest absolute Gasteiger partial charge is 0.264 e. The van der Waals surface area contributed by atoms with E-state index in [0.717, 1.165) is 22.2 Å². The molecule has 0 aliphatic rings. The fourth-order valence-electron chi connectivity index (χ4n) is 2.16. The van der Waals surface area contributed by atoms with Crippen LogP contribution in [0.25, 0.3) is 22.2 Å². The van der Waals surface area contributed by atoms with Gasteiger partial charge in [0, 0.05) is 29.9 Å². The highest BCUT2D eigenvalue weighted by atomic mass is 16.1. The SMILES string of the molecule is C=CN(N=C)c1ccc(-c2ccc(=O)[nH]n2)c2cn[nH]c12. The Kier molecular flexibility index (Phi) is 3.07. The van der Waals surface area contributed by atoms with Crippen molar-refractivity contribution in [3.63, 3.8) is 0 Å². The van der Waals surface area contributed by atoms with Crippen molar-refractivity contribution in [3.05, 3.63) is 53.6 Å². The van der Waals surface area contributed by atoms with E-state index in [-0.39, 0.29) is 5.56 Å². The van der Waals surface area contributed by atoms with Gasteiger partial charge in [0.15, 0.2) is 0 Å². The van der Waals surface area contributed by atoms with Crippen molar-refractivity contribution < 1.29 is 0 Å². The molecule has 0 bridgehead atoms. The van der Waals surface area contributed by atoms with Gasteiger partial charge in [0.2, 0.25) is 0 Å². The van der Waals surface area contributed by atoms with Gasteiger partial charge in [-0.15, -0.1) is 0 Å². The number of hydrogen-bond donors (Lipinski definition) is 2. The molecular formula is C14H12N6O. The Morgan fingerprint density at radius 3 is 2.76 bits per heavy atom. The fraction of sp³-hybridized carbons (Fsp3) is 0. The van der Waals surface area contributed by atoms with Crippen LogP contribution in [0.1, 0.15) is 0 Å². The first kappa shape index (κ1) is 12.8. The zero-order chi connectivity index (χ0) is 14.8. The molecule has 2 aromatic heterocycles. The van der Waals surface area contributed by atoms with Gasteiger partial charge in [0.1, 0.15) is 0 Å². The average molecular weight is 280 g/mol. The zero-order valence-corrected chi connectivity index (χ0v) is 11.1. The third kappa shape index (κ3) is 2.10. The average Bonchev–Trinajstić information content (AvgIpc) is 2.99. The van der Waals surface area contributed by atoms with Gasteiger partial charge in [-0.2, -0.15) is 15.3 Å². The molecule has 3 rings (SSSR count). The highest BCUT2D eigenvalue weighted by Gasteiger charge is 2.13. The van der Waals surface area contributed by atoms with Crippen LogP contribution in [0.15, 0.2) is 53.1 Å². The third-order valence-electron chi connectivity index (χ3n) is 3.12. The molecule has 0 amide bonds. The Morgan fingerprint density at radius 2 is 2.10 bits per heavy atom. The number of aromatic nitrogens is 4. The summed E-state index contributed by atoms with van der Waals surface area (Å²) in [6.45, 7) is 7.20. The molecule has 21 heavy (non-hydrogen) atoms. The molecule has 1 aromatic carbocycles. The number of nitrogens with zero attached hydrogens (tertiary/aromatic N) is 4. The molecule has 2 heterocycles. The quantitative estimate of drug-likeness (QED) is 0.564. The van der Waals surface area contributed by atoms with Crippen molar-refractivity contribution in [1.82, 2.24) is 20.4 Å². The van der Waals surface area contributed by atoms with Gasteiger partial charge in [-0.3, -0.25) is 9.89 Å². The predicted octanol–water partition coefficient (Wildman–Crippen LogP) is 1.88. The Morgan fingerprint density at radius 1 is 1.24 bits per heavy atom. The van der Waals surface area contributed by atoms with E-state index in [4.69, 9.17) is 0 Å². The summed E-state index contributed by atoms with van der Waals surface area (Å²) in [6, 6.07) is 6.84. The third-order valence-corrected chi connectivity index (χ3v) is 3.12. The number of anilines is 1. The summed E-state index contributed by atoms with van der Waals surface area (Å²) in [6.07, 6.45) is 3.26. The molecule has 3 aromatic rings. The van der Waals surface area contributed by atoms with Gasteiger partial charge in [-0.1, -0.05) is 6.58 Å². The minimum atomic E-state index is -0.243. The van der Waals surface area contributed by atoms with Crippen LogP contribution in [0.4, 0.5) is 5.69 Å². The van der Waals surface area contributed by atoms with Crippen molar-refractivity contribution in [2.45, 2.75) is 0 Å². The summed E-state index contributed by atoms with van der Waals surface area (Å²) < 4.78 is 0. The fourth-order valence-corrected chi connectivity index (χ4v) is 2.16. The Labute approximate surface area is 119 Å². The highest BCUT2D eigenvalue weighted by molar-refractivity contribution is 6.00. The van der Waals surface area contributed by atoms with E-state index >= 15 is 0 Å². The largest absolute Gasteiger partial charge is 0.276 e. The second-order valence-electron chi connectivity index (χ2n) is 4.27. The Bertz CT molecular complexity index is 850. The van der Waals surface area contributed by atoms with Crippen LogP contribution in [0.2, 0.25) is 0 Å². The van der Waals surface area contributed by atoms with Crippen molar-refractivity contribution in [2.24, 2.45) is 5.10 Å². The second-order valence-corrected chi connectivity index (χ2v) is 4.27. The summed E-state index contributed by atoms with van der Waals surface area (Å²) in [4.78, 5) is 11.1. The standard InChI is InChI=1S/C14H12N6O/c1-3-20(15-2)12-6-4-9(10-8-16-19-14(10)12)11-5-7-13(21)18-17-11/h3-8H,1-2H2,(H,16,19)(H,18,21). The van der Waals surface area contributed by atoms with Crippen molar-refractivity contribution in [1.29, 1.82) is 0 Å². The summed E-state index contributed by atoms with van der Waals surface area (Å²) in [5.41, 5.74) is 2.83. The minimum absolute atomic E-state index is 0.243. The summed E-state index contributed by atoms with van der Waals surface area (Å²) in [5, 5.41) is 19.8. The number of aromatic amines is 2. The first-order chi connectivity index (χ1) is 10.2. The van der Waals surface area contributed by atoms with E-state index in [1.54, 1.807) is 23.5 Å². The van der Waals surface area contributed by atoms with Gasteiger partial charge in [0.05, 0.1) is 23.1 Å². The van der Waals surface area contributed by atoms with Crippen molar-refractivity contribution >= 4 is 23.3 Å². The molecule has 0 aliphatic heterocycles. The predicted molar refractivity (Wildman–Crippen MR) is 82.2 cm³/mol. The molecule has 0 atom stereocenters. The molecule has 0 saturated heterocycles. The number of nitrogens with one attached hydrogen (secondary N) is 2. The van der Waals surface area contributed by atoms with E-state index in [2.05, 4.69) is 38.8 Å². The molecule has 2 N–H and O–H groups in total. The summed E-state index contributed by atoms with van der Waals surface area (Å²) in [5.74, 6) is 0. The topological polar surface area (TPSA) is 90.0 Å². The molecule has 0 radical (unpaired) electrons. The highest BCUT2D eigenvalue weighted by Crippen LogP contribution is 2.32. The molecule has 7 heteroatoms. The lowest BCUT2D eigenvalue weighted by Crippen LogP contribution is -2.07. The lowest BCUT2D eigenvalue weighted by Gasteiger charge is -2.14. The van der Waals surface area contributed by atoms with E-state index in [9.17, 15) is 4.79 Å². The summed E-state index contributed by atoms with van der Waals surface area (Å²) in [7, 11) is 0. The molecule has 104 valence electrons. The second kappa shape index (κ2) is 5.04. The van der Waals surface area contributed by atoms with Crippen LogP contribution in [0.3, 0.4) is 0 Å². The van der Waals surface area contributed by atoms with Crippen LogP contribution < -0.4 is 10.6 Å². The molecule has 7 nitrogen and oxygen atoms in total. The zero-order valence-electron chi connectivity index (χ0n) is 11.1. The molecule has 0 unspecified atom stereocenters. The number of benzene rings is 1. The van der Waals surface area contributed by atoms with E-state index in [1.165, 1.54) is 6.07 Å². The van der Waals surface area contributed by atoms with Crippen LogP contribution >= 0.6 is 0 Å². The van der Waals surface area contributed by atoms with Crippen LogP contribution in [-0.4, -0.2) is 27.1 Å². The lowest BCUT2D eigenvalue weighted by molar-refractivity contribution is 0.996. The molecule has 0 spiro atoms. The maximum Gasteiger partial charge on any atom is 0.264 e. The van der Waals surface area contributed by atoms with Gasteiger partial charge in [0.25, 0.3) is 5.56 Å². The molecule has 0 saturated carbocycles. The van der Waals surface area contributed by atoms with E-state index in [1.807, 2.05) is 12.1 Å². The molecule has 0 fully saturated rings. The normalized spacial score (nSPS) is 10.5.